The number of hydrogen-bond donors (Lipinski definition) is 1. The lowest BCUT2D eigenvalue weighted by molar-refractivity contribution is -0.143. The van der Waals surface area contributed by atoms with Gasteiger partial charge < -0.3 is 10.2 Å². The molecule has 20 heavy (non-hydrogen) atoms. The third kappa shape index (κ3) is 2.11. The van der Waals surface area contributed by atoms with Crippen LogP contribution < -0.4 is 5.32 Å². The van der Waals surface area contributed by atoms with Gasteiger partial charge in [0.25, 0.3) is 0 Å². The van der Waals surface area contributed by atoms with Crippen molar-refractivity contribution in [1.29, 1.82) is 0 Å². The molecule has 4 nitrogen and oxygen atoms in total. The summed E-state index contributed by atoms with van der Waals surface area (Å²) in [5.74, 6) is 0.0316. The van der Waals surface area contributed by atoms with Crippen molar-refractivity contribution >= 4 is 11.8 Å². The fraction of sp³-hybridized carbons (Fsp3) is 0.375. The van der Waals surface area contributed by atoms with Gasteiger partial charge in [-0.25, -0.2) is 0 Å². The molecular formula is C16H18N2O2. The molecule has 0 radical (unpaired) electrons. The summed E-state index contributed by atoms with van der Waals surface area (Å²) in [6, 6.07) is 9.89. The summed E-state index contributed by atoms with van der Waals surface area (Å²) in [5.41, 5.74) is 1.15. The Bertz CT molecular complexity index is 579. The second-order valence-corrected chi connectivity index (χ2v) is 5.52. The predicted molar refractivity (Wildman–Crippen MR) is 75.5 cm³/mol. The second kappa shape index (κ2) is 4.78. The molecule has 1 atom stereocenters. The Balaban J connectivity index is 1.92. The molecule has 0 saturated carbocycles. The third-order valence-corrected chi connectivity index (χ3v) is 4.06. The predicted octanol–water partition coefficient (Wildman–Crippen LogP) is 1.97. The van der Waals surface area contributed by atoms with Crippen LogP contribution >= 0.6 is 0 Å². The van der Waals surface area contributed by atoms with Crippen LogP contribution in [-0.4, -0.2) is 22.4 Å². The summed E-state index contributed by atoms with van der Waals surface area (Å²) in [4.78, 5) is 26.0. The van der Waals surface area contributed by atoms with E-state index in [0.717, 1.165) is 18.4 Å². The molecule has 1 unspecified atom stereocenters. The molecular weight excluding hydrogens is 252 g/mol. The van der Waals surface area contributed by atoms with Gasteiger partial charge in [-0.2, -0.15) is 0 Å². The van der Waals surface area contributed by atoms with Gasteiger partial charge in [0.2, 0.25) is 11.8 Å². The van der Waals surface area contributed by atoms with E-state index in [-0.39, 0.29) is 11.8 Å². The molecule has 0 aliphatic carbocycles. The van der Waals surface area contributed by atoms with E-state index < -0.39 is 5.66 Å². The minimum absolute atomic E-state index is 0.0715. The summed E-state index contributed by atoms with van der Waals surface area (Å²) < 4.78 is 0. The van der Waals surface area contributed by atoms with Crippen molar-refractivity contribution in [3.05, 3.63) is 47.5 Å². The van der Waals surface area contributed by atoms with Crippen LogP contribution in [0.3, 0.4) is 0 Å². The van der Waals surface area contributed by atoms with Crippen molar-refractivity contribution in [3.63, 3.8) is 0 Å². The van der Waals surface area contributed by atoms with E-state index in [0.29, 0.717) is 18.5 Å². The molecule has 2 aliphatic heterocycles. The maximum absolute atomic E-state index is 12.3. The Morgan fingerprint density at radius 2 is 2.00 bits per heavy atom. The number of benzene rings is 1. The highest BCUT2D eigenvalue weighted by atomic mass is 16.2. The summed E-state index contributed by atoms with van der Waals surface area (Å²) in [5, 5.41) is 2.99. The number of amides is 2. The monoisotopic (exact) mass is 270 g/mol. The molecule has 0 aromatic heterocycles. The van der Waals surface area contributed by atoms with Gasteiger partial charge in [-0.3, -0.25) is 9.59 Å². The van der Waals surface area contributed by atoms with E-state index in [1.54, 1.807) is 11.8 Å². The summed E-state index contributed by atoms with van der Waals surface area (Å²) in [6.07, 6.45) is 4.06. The molecule has 1 aromatic rings. The van der Waals surface area contributed by atoms with E-state index in [2.05, 4.69) is 5.32 Å². The van der Waals surface area contributed by atoms with E-state index in [1.807, 2.05) is 36.4 Å². The first-order valence-electron chi connectivity index (χ1n) is 6.97. The van der Waals surface area contributed by atoms with Crippen molar-refractivity contribution < 1.29 is 9.59 Å². The van der Waals surface area contributed by atoms with Crippen LogP contribution in [0.15, 0.2) is 42.0 Å². The highest BCUT2D eigenvalue weighted by Crippen LogP contribution is 2.33. The van der Waals surface area contributed by atoms with Crippen molar-refractivity contribution in [2.24, 2.45) is 0 Å². The number of nitrogens with zero attached hydrogens (tertiary/aromatic N) is 1. The zero-order valence-corrected chi connectivity index (χ0v) is 11.6. The zero-order valence-electron chi connectivity index (χ0n) is 11.6. The number of nitrogens with one attached hydrogen (secondary N) is 1. The Morgan fingerprint density at radius 3 is 2.65 bits per heavy atom. The molecule has 104 valence electrons. The number of carbonyl (C=O) groups is 2. The normalized spacial score (nSPS) is 25.9. The molecule has 4 heteroatoms. The summed E-state index contributed by atoms with van der Waals surface area (Å²) in [7, 11) is 0. The van der Waals surface area contributed by atoms with Gasteiger partial charge in [0, 0.05) is 18.5 Å². The smallest absolute Gasteiger partial charge is 0.248 e. The number of piperidine rings is 1. The highest BCUT2D eigenvalue weighted by Gasteiger charge is 2.45. The lowest BCUT2D eigenvalue weighted by atomic mass is 9.94. The van der Waals surface area contributed by atoms with Gasteiger partial charge in [-0.15, -0.1) is 0 Å². The number of likely N-dealkylation sites (tertiary alicyclic amines) is 1. The van der Waals surface area contributed by atoms with Gasteiger partial charge in [0.1, 0.15) is 5.66 Å². The van der Waals surface area contributed by atoms with E-state index in [4.69, 9.17) is 0 Å². The Morgan fingerprint density at radius 1 is 1.25 bits per heavy atom. The lowest BCUT2D eigenvalue weighted by Crippen LogP contribution is -2.60. The minimum Gasteiger partial charge on any atom is -0.326 e. The van der Waals surface area contributed by atoms with Gasteiger partial charge in [0.05, 0.1) is 0 Å². The molecule has 1 spiro atoms. The van der Waals surface area contributed by atoms with Crippen LogP contribution in [0, 0.1) is 0 Å². The van der Waals surface area contributed by atoms with Gasteiger partial charge >= 0.3 is 0 Å². The summed E-state index contributed by atoms with van der Waals surface area (Å²) >= 11 is 0. The molecule has 1 aromatic carbocycles. The van der Waals surface area contributed by atoms with Crippen molar-refractivity contribution in [1.82, 2.24) is 10.2 Å². The Labute approximate surface area is 118 Å². The van der Waals surface area contributed by atoms with E-state index in [9.17, 15) is 9.59 Å². The molecule has 2 heterocycles. The molecule has 1 saturated heterocycles. The van der Waals surface area contributed by atoms with Crippen LogP contribution in [0.4, 0.5) is 0 Å². The van der Waals surface area contributed by atoms with Crippen molar-refractivity contribution in [2.45, 2.75) is 38.4 Å². The van der Waals surface area contributed by atoms with E-state index >= 15 is 0 Å². The van der Waals surface area contributed by atoms with Crippen molar-refractivity contribution in [2.75, 3.05) is 0 Å². The Hall–Kier alpha value is -2.10. The van der Waals surface area contributed by atoms with Gasteiger partial charge in [-0.05, 0) is 31.4 Å². The van der Waals surface area contributed by atoms with Crippen LogP contribution in [0.25, 0.3) is 0 Å². The first kappa shape index (κ1) is 12.9. The first-order chi connectivity index (χ1) is 9.61. The van der Waals surface area contributed by atoms with Gasteiger partial charge in [-0.1, -0.05) is 30.3 Å². The maximum atomic E-state index is 12.3. The first-order valence-corrected chi connectivity index (χ1v) is 6.97. The standard InChI is InChI=1S/C16H18N2O2/c1-12-10-16(17-15(12)20)9-5-8-14(19)18(16)11-13-6-3-2-4-7-13/h2-4,6-7,10H,5,8-9,11H2,1H3,(H,17,20). The molecule has 3 rings (SSSR count). The zero-order chi connectivity index (χ0) is 14.2. The fourth-order valence-electron chi connectivity index (χ4n) is 3.03. The van der Waals surface area contributed by atoms with Crippen LogP contribution in [0.5, 0.6) is 0 Å². The SMILES string of the molecule is CC1=CC2(CCCC(=O)N2Cc2ccccc2)NC1=O. The third-order valence-electron chi connectivity index (χ3n) is 4.06. The minimum atomic E-state index is -0.619. The second-order valence-electron chi connectivity index (χ2n) is 5.52. The topological polar surface area (TPSA) is 49.4 Å². The molecule has 2 aliphatic rings. The molecule has 0 bridgehead atoms. The van der Waals surface area contributed by atoms with E-state index in [1.165, 1.54) is 0 Å². The molecule has 2 amide bonds. The van der Waals surface area contributed by atoms with Crippen LogP contribution in [0.2, 0.25) is 0 Å². The number of hydrogen-bond acceptors (Lipinski definition) is 2. The largest absolute Gasteiger partial charge is 0.326 e. The number of rotatable bonds is 2. The highest BCUT2D eigenvalue weighted by molar-refractivity contribution is 5.97. The molecule has 1 fully saturated rings. The number of carbonyl (C=O) groups excluding carboxylic acids is 2. The fourth-order valence-corrected chi connectivity index (χ4v) is 3.03. The Kier molecular flexibility index (Phi) is 3.08. The van der Waals surface area contributed by atoms with Crippen LogP contribution in [0.1, 0.15) is 31.7 Å². The van der Waals surface area contributed by atoms with Gasteiger partial charge in [0.15, 0.2) is 0 Å². The lowest BCUT2D eigenvalue weighted by Gasteiger charge is -2.43. The summed E-state index contributed by atoms with van der Waals surface area (Å²) in [6.45, 7) is 2.33. The quantitative estimate of drug-likeness (QED) is 0.893. The van der Waals surface area contributed by atoms with Crippen molar-refractivity contribution in [3.8, 4) is 0 Å². The van der Waals surface area contributed by atoms with Crippen LogP contribution in [-0.2, 0) is 16.1 Å². The molecule has 1 N–H and O–H groups in total. The maximum Gasteiger partial charge on any atom is 0.248 e. The average molecular weight is 270 g/mol. The average Bonchev–Trinajstić information content (AvgIpc) is 2.71.